The van der Waals surface area contributed by atoms with Crippen molar-refractivity contribution in [1.82, 2.24) is 4.98 Å². The molecular formula is C10H16N4O. The minimum Gasteiger partial charge on any atom is -0.409 e. The van der Waals surface area contributed by atoms with Gasteiger partial charge in [-0.1, -0.05) is 12.1 Å². The van der Waals surface area contributed by atoms with Crippen LogP contribution in [0.15, 0.2) is 23.5 Å². The number of hydrogen-bond donors (Lipinski definition) is 2. The van der Waals surface area contributed by atoms with Crippen molar-refractivity contribution in [2.24, 2.45) is 10.9 Å². The molecule has 5 heteroatoms. The first-order chi connectivity index (χ1) is 7.19. The molecule has 0 aliphatic rings. The summed E-state index contributed by atoms with van der Waals surface area (Å²) in [5, 5.41) is 11.4. The van der Waals surface area contributed by atoms with E-state index in [2.05, 4.69) is 22.0 Å². The number of pyridine rings is 1. The van der Waals surface area contributed by atoms with Gasteiger partial charge in [-0.2, -0.15) is 0 Å². The van der Waals surface area contributed by atoms with Gasteiger partial charge in [0.25, 0.3) is 0 Å². The van der Waals surface area contributed by atoms with E-state index < -0.39 is 0 Å². The number of hydrogen-bond acceptors (Lipinski definition) is 4. The van der Waals surface area contributed by atoms with Crippen LogP contribution in [0.4, 0.5) is 5.69 Å². The lowest BCUT2D eigenvalue weighted by atomic mass is 10.2. The van der Waals surface area contributed by atoms with Crippen LogP contribution >= 0.6 is 0 Å². The van der Waals surface area contributed by atoms with Gasteiger partial charge in [-0.3, -0.25) is 4.98 Å². The SMILES string of the molecule is CCCN(C)c1ccnc(C(N)=NO)c1. The second-order valence-corrected chi connectivity index (χ2v) is 3.31. The lowest BCUT2D eigenvalue weighted by molar-refractivity contribution is 0.318. The summed E-state index contributed by atoms with van der Waals surface area (Å²) in [4.78, 5) is 6.10. The van der Waals surface area contributed by atoms with Gasteiger partial charge in [-0.25, -0.2) is 0 Å². The average Bonchev–Trinajstić information content (AvgIpc) is 2.28. The zero-order chi connectivity index (χ0) is 11.3. The third-order valence-corrected chi connectivity index (χ3v) is 2.11. The highest BCUT2D eigenvalue weighted by Gasteiger charge is 2.04. The highest BCUT2D eigenvalue weighted by molar-refractivity contribution is 5.95. The summed E-state index contributed by atoms with van der Waals surface area (Å²) in [6, 6.07) is 3.69. The van der Waals surface area contributed by atoms with Crippen molar-refractivity contribution in [2.75, 3.05) is 18.5 Å². The topological polar surface area (TPSA) is 74.7 Å². The summed E-state index contributed by atoms with van der Waals surface area (Å²) in [6.07, 6.45) is 2.71. The van der Waals surface area contributed by atoms with E-state index in [-0.39, 0.29) is 5.84 Å². The molecule has 1 heterocycles. The Balaban J connectivity index is 2.92. The molecule has 15 heavy (non-hydrogen) atoms. The Morgan fingerprint density at radius 3 is 3.00 bits per heavy atom. The molecule has 0 atom stereocenters. The number of nitrogens with two attached hydrogens (primary N) is 1. The predicted octanol–water partition coefficient (Wildman–Crippen LogP) is 1.02. The predicted molar refractivity (Wildman–Crippen MR) is 60.3 cm³/mol. The minimum atomic E-state index is 0.0294. The van der Waals surface area contributed by atoms with E-state index in [1.165, 1.54) is 0 Å². The van der Waals surface area contributed by atoms with Gasteiger partial charge >= 0.3 is 0 Å². The highest BCUT2D eigenvalue weighted by Crippen LogP contribution is 2.12. The summed E-state index contributed by atoms with van der Waals surface area (Å²) in [7, 11) is 1.99. The summed E-state index contributed by atoms with van der Waals surface area (Å²) >= 11 is 0. The van der Waals surface area contributed by atoms with Crippen LogP contribution in [0, 0.1) is 0 Å². The van der Waals surface area contributed by atoms with E-state index in [1.54, 1.807) is 12.3 Å². The number of amidine groups is 1. The van der Waals surface area contributed by atoms with E-state index in [0.717, 1.165) is 18.7 Å². The normalized spacial score (nSPS) is 11.5. The Kier molecular flexibility index (Phi) is 3.91. The van der Waals surface area contributed by atoms with Crippen LogP contribution in [0.5, 0.6) is 0 Å². The molecule has 0 saturated heterocycles. The maximum atomic E-state index is 8.53. The number of anilines is 1. The van der Waals surface area contributed by atoms with Gasteiger partial charge in [0.2, 0.25) is 0 Å². The van der Waals surface area contributed by atoms with E-state index >= 15 is 0 Å². The first-order valence-corrected chi connectivity index (χ1v) is 4.84. The van der Waals surface area contributed by atoms with Crippen molar-refractivity contribution >= 4 is 11.5 Å². The zero-order valence-electron chi connectivity index (χ0n) is 9.01. The fourth-order valence-corrected chi connectivity index (χ4v) is 1.31. The summed E-state index contributed by atoms with van der Waals surface area (Å²) < 4.78 is 0. The molecule has 3 N–H and O–H groups in total. The number of aromatic nitrogens is 1. The van der Waals surface area contributed by atoms with Gasteiger partial charge in [0.15, 0.2) is 5.84 Å². The summed E-state index contributed by atoms with van der Waals surface area (Å²) in [5.41, 5.74) is 6.95. The van der Waals surface area contributed by atoms with Crippen LogP contribution in [0.1, 0.15) is 19.0 Å². The Labute approximate surface area is 89.2 Å². The van der Waals surface area contributed by atoms with Gasteiger partial charge in [0.1, 0.15) is 5.69 Å². The van der Waals surface area contributed by atoms with Crippen molar-refractivity contribution in [1.29, 1.82) is 0 Å². The molecule has 0 fully saturated rings. The summed E-state index contributed by atoms with van der Waals surface area (Å²) in [5.74, 6) is 0.0294. The van der Waals surface area contributed by atoms with Crippen LogP contribution in [-0.4, -0.2) is 29.6 Å². The van der Waals surface area contributed by atoms with Crippen LogP contribution in [0.2, 0.25) is 0 Å². The standard InChI is InChI=1S/C10H16N4O/c1-3-6-14(2)8-4-5-12-9(7-8)10(11)13-15/h4-5,7,15H,3,6H2,1-2H3,(H2,11,13). The minimum absolute atomic E-state index is 0.0294. The van der Waals surface area contributed by atoms with Gasteiger partial charge in [-0.15, -0.1) is 0 Å². The maximum absolute atomic E-state index is 8.53. The van der Waals surface area contributed by atoms with Crippen molar-refractivity contribution < 1.29 is 5.21 Å². The molecular weight excluding hydrogens is 192 g/mol. The molecule has 1 aromatic rings. The first-order valence-electron chi connectivity index (χ1n) is 4.84. The van der Waals surface area contributed by atoms with Crippen LogP contribution in [-0.2, 0) is 0 Å². The Bertz CT molecular complexity index is 351. The molecule has 1 aromatic heterocycles. The molecule has 0 bridgehead atoms. The van der Waals surface area contributed by atoms with Crippen LogP contribution in [0.3, 0.4) is 0 Å². The molecule has 0 spiro atoms. The number of rotatable bonds is 4. The zero-order valence-corrected chi connectivity index (χ0v) is 9.01. The first kappa shape index (κ1) is 11.3. The van der Waals surface area contributed by atoms with Crippen LogP contribution < -0.4 is 10.6 Å². The molecule has 82 valence electrons. The van der Waals surface area contributed by atoms with Crippen molar-refractivity contribution in [3.63, 3.8) is 0 Å². The monoisotopic (exact) mass is 208 g/mol. The molecule has 0 unspecified atom stereocenters. The molecule has 5 nitrogen and oxygen atoms in total. The lowest BCUT2D eigenvalue weighted by Gasteiger charge is -2.18. The lowest BCUT2D eigenvalue weighted by Crippen LogP contribution is -2.20. The average molecular weight is 208 g/mol. The molecule has 0 aliphatic carbocycles. The van der Waals surface area contributed by atoms with Crippen molar-refractivity contribution in [3.8, 4) is 0 Å². The molecule has 0 saturated carbocycles. The van der Waals surface area contributed by atoms with E-state index in [0.29, 0.717) is 5.69 Å². The fraction of sp³-hybridized carbons (Fsp3) is 0.400. The second kappa shape index (κ2) is 5.19. The molecule has 1 rings (SSSR count). The van der Waals surface area contributed by atoms with Gasteiger partial charge < -0.3 is 15.8 Å². The second-order valence-electron chi connectivity index (χ2n) is 3.31. The number of oxime groups is 1. The Hall–Kier alpha value is -1.78. The maximum Gasteiger partial charge on any atom is 0.188 e. The summed E-state index contributed by atoms with van der Waals surface area (Å²) in [6.45, 7) is 3.07. The largest absolute Gasteiger partial charge is 0.409 e. The Morgan fingerprint density at radius 1 is 1.67 bits per heavy atom. The van der Waals surface area contributed by atoms with Gasteiger partial charge in [-0.05, 0) is 18.6 Å². The third-order valence-electron chi connectivity index (χ3n) is 2.11. The highest BCUT2D eigenvalue weighted by atomic mass is 16.4. The van der Waals surface area contributed by atoms with Gasteiger partial charge in [0, 0.05) is 25.5 Å². The third kappa shape index (κ3) is 2.83. The fourth-order valence-electron chi connectivity index (χ4n) is 1.31. The van der Waals surface area contributed by atoms with Crippen LogP contribution in [0.25, 0.3) is 0 Å². The Morgan fingerprint density at radius 2 is 2.40 bits per heavy atom. The molecule has 0 radical (unpaired) electrons. The van der Waals surface area contributed by atoms with Crippen molar-refractivity contribution in [2.45, 2.75) is 13.3 Å². The van der Waals surface area contributed by atoms with E-state index in [9.17, 15) is 0 Å². The smallest absolute Gasteiger partial charge is 0.188 e. The van der Waals surface area contributed by atoms with E-state index in [4.69, 9.17) is 10.9 Å². The quantitative estimate of drug-likeness (QED) is 0.335. The van der Waals surface area contributed by atoms with E-state index in [1.807, 2.05) is 13.1 Å². The number of nitrogens with zero attached hydrogens (tertiary/aromatic N) is 3. The van der Waals surface area contributed by atoms with Gasteiger partial charge in [0.05, 0.1) is 0 Å². The molecule has 0 aliphatic heterocycles. The van der Waals surface area contributed by atoms with Crippen molar-refractivity contribution in [3.05, 3.63) is 24.0 Å². The molecule has 0 aromatic carbocycles. The molecule has 0 amide bonds.